The van der Waals surface area contributed by atoms with Crippen LogP contribution in [0.3, 0.4) is 0 Å². The lowest BCUT2D eigenvalue weighted by Crippen LogP contribution is -2.52. The van der Waals surface area contributed by atoms with Gasteiger partial charge in [0.05, 0.1) is 4.34 Å². The molecule has 20 heavy (non-hydrogen) atoms. The van der Waals surface area contributed by atoms with Crippen LogP contribution >= 0.6 is 22.9 Å². The van der Waals surface area contributed by atoms with Gasteiger partial charge < -0.3 is 15.7 Å². The Morgan fingerprint density at radius 1 is 1.40 bits per heavy atom. The number of carboxylic acid groups (broad SMARTS) is 1. The number of urea groups is 1. The Kier molecular flexibility index (Phi) is 5.83. The van der Waals surface area contributed by atoms with Crippen LogP contribution in [0.2, 0.25) is 4.34 Å². The summed E-state index contributed by atoms with van der Waals surface area (Å²) in [6.07, 6.45) is 0.665. The first-order valence-electron chi connectivity index (χ1n) is 6.21. The maximum absolute atomic E-state index is 11.7. The van der Waals surface area contributed by atoms with E-state index in [2.05, 4.69) is 10.6 Å². The second kappa shape index (κ2) is 6.95. The molecule has 0 saturated carbocycles. The molecular formula is C13H19ClN2O3S. The van der Waals surface area contributed by atoms with Gasteiger partial charge in [-0.15, -0.1) is 11.3 Å². The third kappa shape index (κ3) is 5.38. The summed E-state index contributed by atoms with van der Waals surface area (Å²) in [5.41, 5.74) is -0.551. The van der Waals surface area contributed by atoms with Gasteiger partial charge in [0.1, 0.15) is 6.04 Å². The molecule has 0 aliphatic carbocycles. The van der Waals surface area contributed by atoms with Crippen LogP contribution in [0, 0.1) is 5.41 Å². The zero-order valence-electron chi connectivity index (χ0n) is 11.7. The molecule has 0 spiro atoms. The van der Waals surface area contributed by atoms with Crippen LogP contribution in [-0.4, -0.2) is 29.7 Å². The van der Waals surface area contributed by atoms with Gasteiger partial charge in [-0.25, -0.2) is 9.59 Å². The molecule has 0 radical (unpaired) electrons. The minimum atomic E-state index is -1.04. The van der Waals surface area contributed by atoms with Crippen molar-refractivity contribution in [2.75, 3.05) is 6.54 Å². The van der Waals surface area contributed by atoms with E-state index in [1.165, 1.54) is 11.3 Å². The van der Waals surface area contributed by atoms with Crippen molar-refractivity contribution in [3.05, 3.63) is 21.3 Å². The quantitative estimate of drug-likeness (QED) is 0.781. The molecule has 0 fully saturated rings. The molecule has 0 bridgehead atoms. The highest BCUT2D eigenvalue weighted by molar-refractivity contribution is 7.16. The fourth-order valence-corrected chi connectivity index (χ4v) is 2.70. The summed E-state index contributed by atoms with van der Waals surface area (Å²) in [5.74, 6) is -1.04. The molecule has 1 atom stereocenters. The molecule has 1 rings (SSSR count). The van der Waals surface area contributed by atoms with Gasteiger partial charge in [0.15, 0.2) is 0 Å². The summed E-state index contributed by atoms with van der Waals surface area (Å²) in [6.45, 7) is 5.72. The van der Waals surface area contributed by atoms with E-state index in [4.69, 9.17) is 16.7 Å². The topological polar surface area (TPSA) is 78.4 Å². The Balaban J connectivity index is 2.41. The second-order valence-corrected chi connectivity index (χ2v) is 7.29. The summed E-state index contributed by atoms with van der Waals surface area (Å²) in [6, 6.07) is 2.30. The normalized spacial score (nSPS) is 12.8. The highest BCUT2D eigenvalue weighted by Gasteiger charge is 2.32. The summed E-state index contributed by atoms with van der Waals surface area (Å²) >= 11 is 7.27. The standard InChI is InChI=1S/C13H19ClN2O3S/c1-13(2,3)10(11(17)18)16-12(19)15-7-6-8-4-5-9(14)20-8/h4-5,10H,6-7H2,1-3H3,(H,17,18)(H2,15,16,19)/t10-/m1/s1. The number of rotatable bonds is 5. The van der Waals surface area contributed by atoms with Crippen molar-refractivity contribution in [3.63, 3.8) is 0 Å². The third-order valence-electron chi connectivity index (χ3n) is 2.67. The van der Waals surface area contributed by atoms with Crippen molar-refractivity contribution in [3.8, 4) is 0 Å². The van der Waals surface area contributed by atoms with Crippen molar-refractivity contribution in [2.45, 2.75) is 33.2 Å². The SMILES string of the molecule is CC(C)(C)[C@H](NC(=O)NCCc1ccc(Cl)s1)C(=O)O. The van der Waals surface area contributed by atoms with E-state index in [-0.39, 0.29) is 0 Å². The average Bonchev–Trinajstić information content (AvgIpc) is 2.70. The first-order valence-corrected chi connectivity index (χ1v) is 7.41. The summed E-state index contributed by atoms with van der Waals surface area (Å²) in [5, 5.41) is 14.2. The Hall–Kier alpha value is -1.27. The van der Waals surface area contributed by atoms with Crippen LogP contribution < -0.4 is 10.6 Å². The molecule has 3 N–H and O–H groups in total. The summed E-state index contributed by atoms with van der Waals surface area (Å²) < 4.78 is 0.711. The van der Waals surface area contributed by atoms with E-state index >= 15 is 0 Å². The van der Waals surface area contributed by atoms with Crippen LogP contribution in [-0.2, 0) is 11.2 Å². The number of carbonyl (C=O) groups excluding carboxylic acids is 1. The molecular weight excluding hydrogens is 300 g/mol. The number of halogens is 1. The van der Waals surface area contributed by atoms with E-state index in [9.17, 15) is 9.59 Å². The lowest BCUT2D eigenvalue weighted by Gasteiger charge is -2.27. The first kappa shape index (κ1) is 16.8. The smallest absolute Gasteiger partial charge is 0.326 e. The maximum atomic E-state index is 11.7. The van der Waals surface area contributed by atoms with Gasteiger partial charge >= 0.3 is 12.0 Å². The van der Waals surface area contributed by atoms with Gasteiger partial charge in [-0.05, 0) is 24.0 Å². The minimum absolute atomic E-state index is 0.430. The van der Waals surface area contributed by atoms with E-state index in [0.29, 0.717) is 17.3 Å². The molecule has 0 aliphatic heterocycles. The van der Waals surface area contributed by atoms with Crippen LogP contribution in [0.15, 0.2) is 12.1 Å². The number of carbonyl (C=O) groups is 2. The Labute approximate surface area is 127 Å². The number of hydrogen-bond donors (Lipinski definition) is 3. The fourth-order valence-electron chi connectivity index (χ4n) is 1.62. The van der Waals surface area contributed by atoms with Gasteiger partial charge in [0.25, 0.3) is 0 Å². The molecule has 112 valence electrons. The summed E-state index contributed by atoms with van der Waals surface area (Å²) in [4.78, 5) is 23.9. The van der Waals surface area contributed by atoms with Gasteiger partial charge in [-0.2, -0.15) is 0 Å². The fraction of sp³-hybridized carbons (Fsp3) is 0.538. The molecule has 0 aromatic carbocycles. The number of nitrogens with one attached hydrogen (secondary N) is 2. The van der Waals surface area contributed by atoms with Gasteiger partial charge in [0.2, 0.25) is 0 Å². The van der Waals surface area contributed by atoms with Crippen molar-refractivity contribution in [2.24, 2.45) is 5.41 Å². The van der Waals surface area contributed by atoms with Gasteiger partial charge in [-0.1, -0.05) is 32.4 Å². The predicted molar refractivity (Wildman–Crippen MR) is 80.4 cm³/mol. The van der Waals surface area contributed by atoms with Gasteiger partial charge in [-0.3, -0.25) is 0 Å². The van der Waals surface area contributed by atoms with Crippen molar-refractivity contribution < 1.29 is 14.7 Å². The highest BCUT2D eigenvalue weighted by Crippen LogP contribution is 2.21. The minimum Gasteiger partial charge on any atom is -0.480 e. The van der Waals surface area contributed by atoms with Crippen LogP contribution in [0.1, 0.15) is 25.6 Å². The monoisotopic (exact) mass is 318 g/mol. The van der Waals surface area contributed by atoms with Crippen LogP contribution in [0.25, 0.3) is 0 Å². The van der Waals surface area contributed by atoms with E-state index in [1.807, 2.05) is 12.1 Å². The molecule has 7 heteroatoms. The van der Waals surface area contributed by atoms with Crippen LogP contribution in [0.4, 0.5) is 4.79 Å². The number of carboxylic acids is 1. The molecule has 0 saturated heterocycles. The van der Waals surface area contributed by atoms with E-state index < -0.39 is 23.5 Å². The van der Waals surface area contributed by atoms with Crippen molar-refractivity contribution in [1.82, 2.24) is 10.6 Å². The molecule has 1 aromatic heterocycles. The molecule has 2 amide bonds. The Morgan fingerprint density at radius 2 is 2.05 bits per heavy atom. The lowest BCUT2D eigenvalue weighted by molar-refractivity contribution is -0.141. The molecule has 5 nitrogen and oxygen atoms in total. The Bertz CT molecular complexity index is 482. The maximum Gasteiger partial charge on any atom is 0.326 e. The lowest BCUT2D eigenvalue weighted by atomic mass is 9.87. The number of hydrogen-bond acceptors (Lipinski definition) is 3. The zero-order chi connectivity index (χ0) is 15.3. The number of amides is 2. The molecule has 1 heterocycles. The van der Waals surface area contributed by atoms with Crippen LogP contribution in [0.5, 0.6) is 0 Å². The number of thiophene rings is 1. The Morgan fingerprint density at radius 3 is 2.50 bits per heavy atom. The highest BCUT2D eigenvalue weighted by atomic mass is 35.5. The largest absolute Gasteiger partial charge is 0.480 e. The van der Waals surface area contributed by atoms with Gasteiger partial charge in [0, 0.05) is 11.4 Å². The van der Waals surface area contributed by atoms with Crippen molar-refractivity contribution in [1.29, 1.82) is 0 Å². The molecule has 0 unspecified atom stereocenters. The first-order chi connectivity index (χ1) is 9.20. The van der Waals surface area contributed by atoms with E-state index in [1.54, 1.807) is 20.8 Å². The average molecular weight is 319 g/mol. The molecule has 1 aromatic rings. The molecule has 0 aliphatic rings. The third-order valence-corrected chi connectivity index (χ3v) is 3.97. The zero-order valence-corrected chi connectivity index (χ0v) is 13.3. The van der Waals surface area contributed by atoms with Crippen molar-refractivity contribution >= 4 is 34.9 Å². The number of aliphatic carboxylic acids is 1. The summed E-state index contributed by atoms with van der Waals surface area (Å²) in [7, 11) is 0. The predicted octanol–water partition coefficient (Wildman–Crippen LogP) is 2.74. The van der Waals surface area contributed by atoms with E-state index in [0.717, 1.165) is 4.88 Å². The second-order valence-electron chi connectivity index (χ2n) is 5.49.